The quantitative estimate of drug-likeness (QED) is 0.728. The van der Waals surface area contributed by atoms with Crippen LogP contribution in [0, 0.1) is 13.8 Å². The molecule has 2 aromatic rings. The van der Waals surface area contributed by atoms with E-state index >= 15 is 0 Å². The highest BCUT2D eigenvalue weighted by molar-refractivity contribution is 7.80. The van der Waals surface area contributed by atoms with Crippen LogP contribution in [-0.2, 0) is 0 Å². The summed E-state index contributed by atoms with van der Waals surface area (Å²) in [4.78, 5) is 23.4. The first kappa shape index (κ1) is 18.4. The zero-order chi connectivity index (χ0) is 18.6. The van der Waals surface area contributed by atoms with E-state index in [4.69, 9.17) is 22.1 Å². The van der Waals surface area contributed by atoms with Crippen LogP contribution in [-0.4, -0.2) is 29.2 Å². The van der Waals surface area contributed by atoms with E-state index in [9.17, 15) is 9.59 Å². The number of methoxy groups -OCH3 is 1. The number of amides is 1. The summed E-state index contributed by atoms with van der Waals surface area (Å²) in [6, 6.07) is 9.81. The molecule has 7 heteroatoms. The van der Waals surface area contributed by atoms with Crippen molar-refractivity contribution in [2.75, 3.05) is 12.4 Å². The van der Waals surface area contributed by atoms with Crippen LogP contribution in [0.1, 0.15) is 31.8 Å². The average Bonchev–Trinajstić information content (AvgIpc) is 2.53. The van der Waals surface area contributed by atoms with E-state index in [1.807, 2.05) is 19.9 Å². The number of hydrogen-bond donors (Lipinski definition) is 3. The van der Waals surface area contributed by atoms with Crippen LogP contribution in [0.5, 0.6) is 5.75 Å². The Balaban J connectivity index is 2.15. The Morgan fingerprint density at radius 1 is 1.04 bits per heavy atom. The second-order valence-electron chi connectivity index (χ2n) is 5.50. The molecule has 0 unspecified atom stereocenters. The molecule has 0 radical (unpaired) electrons. The summed E-state index contributed by atoms with van der Waals surface area (Å²) in [7, 11) is 1.46. The maximum atomic E-state index is 12.3. The summed E-state index contributed by atoms with van der Waals surface area (Å²) >= 11 is 5.15. The Morgan fingerprint density at radius 3 is 2.24 bits per heavy atom. The molecular formula is C18H18N2O4S. The standard InChI is InChI=1S/C18H18N2O4S/c1-10-6-11(2)8-13(7-10)16(21)20-18(25)19-14-9-12(17(22)23)4-5-15(14)24-3/h4-9H,1-3H3,(H,22,23)(H2,19,20,21,25). The van der Waals surface area contributed by atoms with Gasteiger partial charge in [0.25, 0.3) is 5.91 Å². The normalized spacial score (nSPS) is 10.0. The molecule has 2 rings (SSSR count). The van der Waals surface area contributed by atoms with Crippen LogP contribution >= 0.6 is 12.2 Å². The summed E-state index contributed by atoms with van der Waals surface area (Å²) in [5.74, 6) is -1.01. The molecule has 1 amide bonds. The van der Waals surface area contributed by atoms with Crippen LogP contribution in [0.15, 0.2) is 36.4 Å². The third-order valence-corrected chi connectivity index (χ3v) is 3.61. The van der Waals surface area contributed by atoms with Crippen molar-refractivity contribution in [3.63, 3.8) is 0 Å². The molecule has 0 aliphatic rings. The molecule has 0 spiro atoms. The molecule has 0 saturated heterocycles. The van der Waals surface area contributed by atoms with Gasteiger partial charge in [0, 0.05) is 5.56 Å². The van der Waals surface area contributed by atoms with Crippen molar-refractivity contribution in [3.8, 4) is 5.75 Å². The van der Waals surface area contributed by atoms with Crippen molar-refractivity contribution in [1.29, 1.82) is 0 Å². The Bertz CT molecular complexity index is 829. The van der Waals surface area contributed by atoms with Gasteiger partial charge in [0.05, 0.1) is 18.4 Å². The third kappa shape index (κ3) is 4.77. The summed E-state index contributed by atoms with van der Waals surface area (Å²) in [5.41, 5.74) is 2.87. The van der Waals surface area contributed by atoms with Gasteiger partial charge < -0.3 is 15.2 Å². The highest BCUT2D eigenvalue weighted by atomic mass is 32.1. The Hall–Kier alpha value is -2.93. The topological polar surface area (TPSA) is 87.7 Å². The van der Waals surface area contributed by atoms with Gasteiger partial charge in [-0.05, 0) is 56.4 Å². The fourth-order valence-corrected chi connectivity index (χ4v) is 2.58. The number of anilines is 1. The molecule has 0 saturated carbocycles. The zero-order valence-electron chi connectivity index (χ0n) is 14.0. The SMILES string of the molecule is COc1ccc(C(=O)O)cc1NC(=S)NC(=O)c1cc(C)cc(C)c1. The van der Waals surface area contributed by atoms with Crippen LogP contribution < -0.4 is 15.4 Å². The molecule has 130 valence electrons. The molecule has 0 atom stereocenters. The summed E-state index contributed by atoms with van der Waals surface area (Å²) < 4.78 is 5.17. The number of carboxylic acids is 1. The van der Waals surface area contributed by atoms with Gasteiger partial charge in [-0.15, -0.1) is 0 Å². The van der Waals surface area contributed by atoms with E-state index in [-0.39, 0.29) is 16.6 Å². The van der Waals surface area contributed by atoms with Crippen molar-refractivity contribution in [1.82, 2.24) is 5.32 Å². The molecule has 6 nitrogen and oxygen atoms in total. The van der Waals surface area contributed by atoms with Crippen molar-refractivity contribution in [2.24, 2.45) is 0 Å². The smallest absolute Gasteiger partial charge is 0.335 e. The van der Waals surface area contributed by atoms with Gasteiger partial charge in [0.2, 0.25) is 0 Å². The number of rotatable bonds is 4. The van der Waals surface area contributed by atoms with Gasteiger partial charge in [-0.3, -0.25) is 10.1 Å². The number of carbonyl (C=O) groups is 2. The van der Waals surface area contributed by atoms with Crippen molar-refractivity contribution in [2.45, 2.75) is 13.8 Å². The van der Waals surface area contributed by atoms with Crippen LogP contribution in [0.3, 0.4) is 0 Å². The monoisotopic (exact) mass is 358 g/mol. The highest BCUT2D eigenvalue weighted by Gasteiger charge is 2.13. The van der Waals surface area contributed by atoms with Gasteiger partial charge >= 0.3 is 5.97 Å². The van der Waals surface area contributed by atoms with E-state index < -0.39 is 5.97 Å². The van der Waals surface area contributed by atoms with E-state index in [1.54, 1.807) is 12.1 Å². The molecule has 0 aromatic heterocycles. The second kappa shape index (κ2) is 7.76. The predicted octanol–water partition coefficient (Wildman–Crippen LogP) is 3.14. The van der Waals surface area contributed by atoms with Crippen molar-refractivity contribution in [3.05, 3.63) is 58.7 Å². The molecule has 2 aromatic carbocycles. The number of thiocarbonyl (C=S) groups is 1. The minimum Gasteiger partial charge on any atom is -0.495 e. The van der Waals surface area contributed by atoms with Crippen LogP contribution in [0.2, 0.25) is 0 Å². The Labute approximate surface area is 150 Å². The number of nitrogens with one attached hydrogen (secondary N) is 2. The van der Waals surface area contributed by atoms with E-state index in [0.29, 0.717) is 17.0 Å². The first-order chi connectivity index (χ1) is 11.8. The largest absolute Gasteiger partial charge is 0.495 e. The fourth-order valence-electron chi connectivity index (χ4n) is 2.37. The van der Waals surface area contributed by atoms with Gasteiger partial charge in [0.1, 0.15) is 5.75 Å². The van der Waals surface area contributed by atoms with Crippen molar-refractivity contribution >= 4 is 34.9 Å². The minimum absolute atomic E-state index is 0.0463. The van der Waals surface area contributed by atoms with Gasteiger partial charge in [0.15, 0.2) is 5.11 Å². The molecule has 25 heavy (non-hydrogen) atoms. The maximum absolute atomic E-state index is 12.3. The lowest BCUT2D eigenvalue weighted by Crippen LogP contribution is -2.34. The van der Waals surface area contributed by atoms with Crippen molar-refractivity contribution < 1.29 is 19.4 Å². The first-order valence-electron chi connectivity index (χ1n) is 7.42. The molecule has 0 bridgehead atoms. The zero-order valence-corrected chi connectivity index (χ0v) is 14.9. The van der Waals surface area contributed by atoms with Gasteiger partial charge in [-0.2, -0.15) is 0 Å². The van der Waals surface area contributed by atoms with E-state index in [1.165, 1.54) is 25.3 Å². The average molecular weight is 358 g/mol. The Kier molecular flexibility index (Phi) is 5.71. The van der Waals surface area contributed by atoms with E-state index in [0.717, 1.165) is 11.1 Å². The number of ether oxygens (including phenoxy) is 1. The maximum Gasteiger partial charge on any atom is 0.335 e. The molecule has 3 N–H and O–H groups in total. The lowest BCUT2D eigenvalue weighted by molar-refractivity contribution is 0.0696. The number of carboxylic acid groups (broad SMARTS) is 1. The lowest BCUT2D eigenvalue weighted by atomic mass is 10.1. The lowest BCUT2D eigenvalue weighted by Gasteiger charge is -2.14. The molecule has 0 aliphatic carbocycles. The molecule has 0 fully saturated rings. The van der Waals surface area contributed by atoms with Gasteiger partial charge in [-0.25, -0.2) is 4.79 Å². The van der Waals surface area contributed by atoms with Crippen LogP contribution in [0.4, 0.5) is 5.69 Å². The van der Waals surface area contributed by atoms with Crippen LogP contribution in [0.25, 0.3) is 0 Å². The summed E-state index contributed by atoms with van der Waals surface area (Å²) in [5, 5.41) is 14.5. The minimum atomic E-state index is -1.07. The molecule has 0 aliphatic heterocycles. The highest BCUT2D eigenvalue weighted by Crippen LogP contribution is 2.25. The summed E-state index contributed by atoms with van der Waals surface area (Å²) in [6.07, 6.45) is 0. The second-order valence-corrected chi connectivity index (χ2v) is 5.91. The number of carbonyl (C=O) groups excluding carboxylic acids is 1. The number of hydrogen-bond acceptors (Lipinski definition) is 4. The third-order valence-electron chi connectivity index (χ3n) is 3.41. The number of benzene rings is 2. The summed E-state index contributed by atoms with van der Waals surface area (Å²) in [6.45, 7) is 3.81. The van der Waals surface area contributed by atoms with E-state index in [2.05, 4.69) is 10.6 Å². The molecular weight excluding hydrogens is 340 g/mol. The first-order valence-corrected chi connectivity index (χ1v) is 7.83. The Morgan fingerprint density at radius 2 is 1.68 bits per heavy atom. The fraction of sp³-hybridized carbons (Fsp3) is 0.167. The van der Waals surface area contributed by atoms with Gasteiger partial charge in [-0.1, -0.05) is 17.2 Å². The number of aryl methyl sites for hydroxylation is 2. The predicted molar refractivity (Wildman–Crippen MR) is 99.6 cm³/mol. The number of aromatic carboxylic acids is 1. The molecule has 0 heterocycles.